The van der Waals surface area contributed by atoms with Crippen molar-refractivity contribution in [1.29, 1.82) is 0 Å². The summed E-state index contributed by atoms with van der Waals surface area (Å²) >= 11 is 0. The highest BCUT2D eigenvalue weighted by molar-refractivity contribution is 5.98. The van der Waals surface area contributed by atoms with Crippen molar-refractivity contribution in [2.24, 2.45) is 0 Å². The number of carbonyl (C=O) groups excluding carboxylic acids is 1. The van der Waals surface area contributed by atoms with E-state index in [-0.39, 0.29) is 0 Å². The summed E-state index contributed by atoms with van der Waals surface area (Å²) in [6.07, 6.45) is 1.66. The predicted octanol–water partition coefficient (Wildman–Crippen LogP) is 2.35. The van der Waals surface area contributed by atoms with Gasteiger partial charge in [0.05, 0.1) is 0 Å². The Bertz CT molecular complexity index is 373. The van der Waals surface area contributed by atoms with Gasteiger partial charge in [0.1, 0.15) is 0 Å². The van der Waals surface area contributed by atoms with Crippen molar-refractivity contribution in [2.75, 3.05) is 7.05 Å². The van der Waals surface area contributed by atoms with Crippen molar-refractivity contribution in [3.05, 3.63) is 35.4 Å². The lowest BCUT2D eigenvalue weighted by Crippen LogP contribution is -2.32. The molecule has 0 radical (unpaired) electrons. The van der Waals surface area contributed by atoms with Crippen LogP contribution in [0.25, 0.3) is 0 Å². The molecule has 2 nitrogen and oxygen atoms in total. The van der Waals surface area contributed by atoms with Crippen molar-refractivity contribution >= 4 is 5.78 Å². The Hall–Kier alpha value is -1.15. The third-order valence-electron chi connectivity index (χ3n) is 3.40. The highest BCUT2D eigenvalue weighted by Gasteiger charge is 2.27. The third-order valence-corrected chi connectivity index (χ3v) is 3.40. The van der Waals surface area contributed by atoms with Crippen LogP contribution < -0.4 is 5.32 Å². The maximum absolute atomic E-state index is 11.7. The van der Waals surface area contributed by atoms with E-state index in [1.165, 1.54) is 5.56 Å². The third kappa shape index (κ3) is 1.82. The number of hydrogen-bond donors (Lipinski definition) is 1. The minimum absolute atomic E-state index is 0.296. The maximum atomic E-state index is 11.7. The van der Waals surface area contributed by atoms with Crippen LogP contribution in [0, 0.1) is 0 Å². The molecule has 0 saturated heterocycles. The minimum atomic E-state index is 0.296. The van der Waals surface area contributed by atoms with Crippen molar-refractivity contribution < 1.29 is 4.79 Å². The summed E-state index contributed by atoms with van der Waals surface area (Å²) in [4.78, 5) is 11.7. The molecular weight excluding hydrogens is 186 g/mol. The Labute approximate surface area is 90.7 Å². The van der Waals surface area contributed by atoms with Gasteiger partial charge in [0, 0.05) is 23.9 Å². The van der Waals surface area contributed by atoms with Crippen LogP contribution >= 0.6 is 0 Å². The topological polar surface area (TPSA) is 29.1 Å². The smallest absolute Gasteiger partial charge is 0.163 e. The van der Waals surface area contributed by atoms with Gasteiger partial charge in [-0.1, -0.05) is 24.3 Å². The zero-order chi connectivity index (χ0) is 10.8. The molecule has 2 heteroatoms. The Kier molecular flexibility index (Phi) is 2.87. The Balaban J connectivity index is 2.40. The second kappa shape index (κ2) is 4.15. The van der Waals surface area contributed by atoms with Crippen LogP contribution in [0.1, 0.15) is 41.6 Å². The van der Waals surface area contributed by atoms with Crippen molar-refractivity contribution in [1.82, 2.24) is 5.32 Å². The molecule has 0 fully saturated rings. The molecule has 15 heavy (non-hydrogen) atoms. The summed E-state index contributed by atoms with van der Waals surface area (Å²) in [7, 11) is 1.98. The van der Waals surface area contributed by atoms with Crippen LogP contribution in [0.5, 0.6) is 0 Å². The van der Waals surface area contributed by atoms with Gasteiger partial charge in [-0.05, 0) is 26.0 Å². The first-order valence-corrected chi connectivity index (χ1v) is 5.53. The van der Waals surface area contributed by atoms with Gasteiger partial charge in [-0.15, -0.1) is 0 Å². The van der Waals surface area contributed by atoms with E-state index in [1.54, 1.807) is 0 Å². The van der Waals surface area contributed by atoms with E-state index in [1.807, 2.05) is 25.2 Å². The largest absolute Gasteiger partial charge is 0.317 e. The summed E-state index contributed by atoms with van der Waals surface area (Å²) in [6.45, 7) is 2.18. The van der Waals surface area contributed by atoms with Crippen molar-refractivity contribution in [3.8, 4) is 0 Å². The van der Waals surface area contributed by atoms with Gasteiger partial charge in [-0.2, -0.15) is 0 Å². The summed E-state index contributed by atoms with van der Waals surface area (Å²) < 4.78 is 0. The van der Waals surface area contributed by atoms with Crippen molar-refractivity contribution in [3.63, 3.8) is 0 Å². The molecule has 2 atom stereocenters. The minimum Gasteiger partial charge on any atom is -0.317 e. The second-order valence-electron chi connectivity index (χ2n) is 4.23. The van der Waals surface area contributed by atoms with Crippen LogP contribution in [-0.2, 0) is 0 Å². The van der Waals surface area contributed by atoms with Gasteiger partial charge < -0.3 is 5.32 Å². The molecule has 0 bridgehead atoms. The average Bonchev–Trinajstić information content (AvgIpc) is 2.29. The van der Waals surface area contributed by atoms with Crippen LogP contribution in [0.3, 0.4) is 0 Å². The number of benzene rings is 1. The molecule has 1 N–H and O–H groups in total. The predicted molar refractivity (Wildman–Crippen MR) is 61.3 cm³/mol. The monoisotopic (exact) mass is 203 g/mol. The fourth-order valence-corrected chi connectivity index (χ4v) is 2.37. The molecule has 1 aromatic rings. The van der Waals surface area contributed by atoms with E-state index in [9.17, 15) is 4.79 Å². The molecule has 0 heterocycles. The number of nitrogens with one attached hydrogen (secondary N) is 1. The summed E-state index contributed by atoms with van der Waals surface area (Å²) in [5.41, 5.74) is 2.14. The van der Waals surface area contributed by atoms with Gasteiger partial charge in [0.15, 0.2) is 5.78 Å². The van der Waals surface area contributed by atoms with Crippen LogP contribution in [0.4, 0.5) is 0 Å². The summed E-state index contributed by atoms with van der Waals surface area (Å²) in [5, 5.41) is 3.28. The van der Waals surface area contributed by atoms with E-state index in [0.29, 0.717) is 24.2 Å². The zero-order valence-electron chi connectivity index (χ0n) is 9.29. The lowest BCUT2D eigenvalue weighted by atomic mass is 9.79. The van der Waals surface area contributed by atoms with Crippen LogP contribution in [0.15, 0.2) is 24.3 Å². The number of carbonyl (C=O) groups is 1. The fraction of sp³-hybridized carbons (Fsp3) is 0.462. The van der Waals surface area contributed by atoms with Gasteiger partial charge in [-0.25, -0.2) is 0 Å². The van der Waals surface area contributed by atoms with Gasteiger partial charge in [-0.3, -0.25) is 4.79 Å². The lowest BCUT2D eigenvalue weighted by Gasteiger charge is -2.29. The van der Waals surface area contributed by atoms with Crippen molar-refractivity contribution in [2.45, 2.75) is 31.7 Å². The van der Waals surface area contributed by atoms with Crippen LogP contribution in [-0.4, -0.2) is 18.9 Å². The number of rotatable bonds is 2. The van der Waals surface area contributed by atoms with Gasteiger partial charge >= 0.3 is 0 Å². The zero-order valence-corrected chi connectivity index (χ0v) is 9.29. The molecule has 0 spiro atoms. The van der Waals surface area contributed by atoms with Crippen LogP contribution in [0.2, 0.25) is 0 Å². The second-order valence-corrected chi connectivity index (χ2v) is 4.23. The fourth-order valence-electron chi connectivity index (χ4n) is 2.37. The highest BCUT2D eigenvalue weighted by Crippen LogP contribution is 2.33. The molecule has 1 aromatic carbocycles. The van der Waals surface area contributed by atoms with E-state index in [4.69, 9.17) is 0 Å². The molecule has 0 aliphatic heterocycles. The highest BCUT2D eigenvalue weighted by atomic mass is 16.1. The van der Waals surface area contributed by atoms with E-state index >= 15 is 0 Å². The standard InChI is InChI=1S/C13H17NO/c1-9(14-2)10-7-8-13(15)12-6-4-3-5-11(10)12/h3-6,9-10,14H,7-8H2,1-2H3. The quantitative estimate of drug-likeness (QED) is 0.799. The molecule has 0 saturated carbocycles. The Morgan fingerprint density at radius 3 is 2.87 bits per heavy atom. The van der Waals surface area contributed by atoms with Gasteiger partial charge in [0.25, 0.3) is 0 Å². The number of fused-ring (bicyclic) bond motifs is 1. The van der Waals surface area contributed by atoms with E-state index in [2.05, 4.69) is 18.3 Å². The molecule has 0 amide bonds. The first-order chi connectivity index (χ1) is 7.24. The number of ketones is 1. The Morgan fingerprint density at radius 2 is 2.13 bits per heavy atom. The molecule has 80 valence electrons. The number of Topliss-reactive ketones (excluding diaryl/α,β-unsaturated/α-hetero) is 1. The molecule has 1 aliphatic carbocycles. The average molecular weight is 203 g/mol. The molecule has 1 aliphatic rings. The molecule has 2 unspecified atom stereocenters. The van der Waals surface area contributed by atoms with E-state index < -0.39 is 0 Å². The molecule has 0 aromatic heterocycles. The molecular formula is C13H17NO. The SMILES string of the molecule is CNC(C)C1CCC(=O)c2ccccc21. The van der Waals surface area contributed by atoms with E-state index in [0.717, 1.165) is 12.0 Å². The maximum Gasteiger partial charge on any atom is 0.163 e. The number of likely N-dealkylation sites (N-methyl/N-ethyl adjacent to an activating group) is 1. The van der Waals surface area contributed by atoms with Gasteiger partial charge in [0.2, 0.25) is 0 Å². The Morgan fingerprint density at radius 1 is 1.40 bits per heavy atom. The number of hydrogen-bond acceptors (Lipinski definition) is 2. The normalized spacial score (nSPS) is 22.3. The summed E-state index contributed by atoms with van der Waals surface area (Å²) in [5.74, 6) is 0.772. The first kappa shape index (κ1) is 10.4. The molecule has 2 rings (SSSR count). The first-order valence-electron chi connectivity index (χ1n) is 5.53. The summed E-state index contributed by atoms with van der Waals surface area (Å²) in [6, 6.07) is 8.44. The lowest BCUT2D eigenvalue weighted by molar-refractivity contribution is 0.0964.